The Labute approximate surface area is 129 Å². The van der Waals surface area contributed by atoms with E-state index in [0.717, 1.165) is 22.0 Å². The first-order valence-corrected chi connectivity index (χ1v) is 7.12. The number of hydrogen-bond donors (Lipinski definition) is 1. The molecule has 1 heterocycles. The van der Waals surface area contributed by atoms with Crippen molar-refractivity contribution in [2.45, 2.75) is 19.4 Å². The average Bonchev–Trinajstić information content (AvgIpc) is 2.55. The predicted octanol–water partition coefficient (Wildman–Crippen LogP) is 3.14. The third-order valence-electron chi connectivity index (χ3n) is 3.57. The van der Waals surface area contributed by atoms with Crippen LogP contribution in [0.2, 0.25) is 0 Å². The molecule has 1 atom stereocenters. The molecule has 3 aromatic rings. The highest BCUT2D eigenvalue weighted by molar-refractivity contribution is 5.80. The van der Waals surface area contributed by atoms with Gasteiger partial charge in [0.05, 0.1) is 5.52 Å². The summed E-state index contributed by atoms with van der Waals surface area (Å²) in [5, 5.41) is 10.5. The predicted molar refractivity (Wildman–Crippen MR) is 88.3 cm³/mol. The summed E-state index contributed by atoms with van der Waals surface area (Å²) in [6.07, 6.45) is 6.74. The van der Waals surface area contributed by atoms with Crippen LogP contribution in [0.1, 0.15) is 11.1 Å². The van der Waals surface area contributed by atoms with Crippen molar-refractivity contribution in [3.05, 3.63) is 59.8 Å². The molecule has 3 rings (SSSR count). The molecule has 3 nitrogen and oxygen atoms in total. The third kappa shape index (κ3) is 2.98. The lowest BCUT2D eigenvalue weighted by molar-refractivity contribution is 0.233. The minimum atomic E-state index is -0.744. The fraction of sp³-hybridized carbons (Fsp3) is 0.158. The monoisotopic (exact) mass is 288 g/mol. The second-order valence-electron chi connectivity index (χ2n) is 5.34. The number of nitrogens with zero attached hydrogens (tertiary/aromatic N) is 2. The summed E-state index contributed by atoms with van der Waals surface area (Å²) in [6.45, 7) is 2.05. The summed E-state index contributed by atoms with van der Waals surface area (Å²) in [5.41, 5.74) is 4.06. The van der Waals surface area contributed by atoms with Gasteiger partial charge in [0.15, 0.2) is 5.82 Å². The van der Waals surface area contributed by atoms with Gasteiger partial charge in [0, 0.05) is 23.6 Å². The molecule has 0 fully saturated rings. The van der Waals surface area contributed by atoms with Gasteiger partial charge in [0.1, 0.15) is 6.10 Å². The van der Waals surface area contributed by atoms with E-state index in [9.17, 15) is 5.11 Å². The lowest BCUT2D eigenvalue weighted by Gasteiger charge is -2.06. The highest BCUT2D eigenvalue weighted by atomic mass is 16.3. The van der Waals surface area contributed by atoms with Crippen LogP contribution in [0.3, 0.4) is 0 Å². The Hall–Kier alpha value is -2.70. The fourth-order valence-corrected chi connectivity index (χ4v) is 2.36. The Morgan fingerprint density at radius 2 is 1.95 bits per heavy atom. The van der Waals surface area contributed by atoms with Crippen LogP contribution in [0.15, 0.2) is 48.7 Å². The molecule has 0 radical (unpaired) electrons. The van der Waals surface area contributed by atoms with Crippen LogP contribution < -0.4 is 0 Å². The van der Waals surface area contributed by atoms with E-state index < -0.39 is 6.10 Å². The molecule has 108 valence electrons. The van der Waals surface area contributed by atoms with Gasteiger partial charge in [-0.3, -0.25) is 0 Å². The van der Waals surface area contributed by atoms with Crippen LogP contribution in [0.25, 0.3) is 22.3 Å². The first-order chi connectivity index (χ1) is 10.7. The van der Waals surface area contributed by atoms with Gasteiger partial charge in [0.2, 0.25) is 0 Å². The smallest absolute Gasteiger partial charge is 0.159 e. The molecule has 0 saturated carbocycles. The zero-order chi connectivity index (χ0) is 15.5. The van der Waals surface area contributed by atoms with Crippen LogP contribution in [0, 0.1) is 19.3 Å². The number of benzene rings is 2. The number of fused-ring (bicyclic) bond motifs is 1. The normalized spacial score (nSPS) is 12.0. The first-order valence-electron chi connectivity index (χ1n) is 7.12. The Kier molecular flexibility index (Phi) is 3.86. The molecule has 1 aromatic heterocycles. The zero-order valence-corrected chi connectivity index (χ0v) is 12.3. The molecule has 0 spiro atoms. The van der Waals surface area contributed by atoms with E-state index >= 15 is 0 Å². The molecule has 2 aromatic carbocycles. The number of aromatic nitrogens is 2. The summed E-state index contributed by atoms with van der Waals surface area (Å²) in [5.74, 6) is 3.01. The molecule has 0 aliphatic carbocycles. The molecule has 1 unspecified atom stereocenters. The van der Waals surface area contributed by atoms with E-state index in [2.05, 4.69) is 28.9 Å². The number of aryl methyl sites for hydroxylation is 1. The van der Waals surface area contributed by atoms with Crippen molar-refractivity contribution < 1.29 is 5.11 Å². The van der Waals surface area contributed by atoms with Crippen LogP contribution in [-0.4, -0.2) is 21.2 Å². The van der Waals surface area contributed by atoms with Gasteiger partial charge in [-0.05, 0) is 24.6 Å². The van der Waals surface area contributed by atoms with Crippen molar-refractivity contribution in [3.8, 4) is 23.7 Å². The van der Waals surface area contributed by atoms with E-state index in [1.165, 1.54) is 5.56 Å². The summed E-state index contributed by atoms with van der Waals surface area (Å²) >= 11 is 0. The van der Waals surface area contributed by atoms with Gasteiger partial charge >= 0.3 is 0 Å². The topological polar surface area (TPSA) is 46.0 Å². The largest absolute Gasteiger partial charge is 0.380 e. The standard InChI is InChI=1S/C19H16N2O/c1-3-17(22)11-14-5-7-15(8-6-14)19-20-12-16-10-13(2)4-9-18(16)21-19/h1,4-10,12,17,22H,11H2,2H3. The molecule has 0 aliphatic heterocycles. The minimum absolute atomic E-state index is 0.453. The Balaban J connectivity index is 1.91. The van der Waals surface area contributed by atoms with Crippen LogP contribution >= 0.6 is 0 Å². The molecule has 0 saturated heterocycles. The number of aliphatic hydroxyl groups is 1. The highest BCUT2D eigenvalue weighted by Gasteiger charge is 2.05. The zero-order valence-electron chi connectivity index (χ0n) is 12.3. The van der Waals surface area contributed by atoms with Crippen molar-refractivity contribution in [1.82, 2.24) is 9.97 Å². The van der Waals surface area contributed by atoms with Gasteiger partial charge < -0.3 is 5.11 Å². The van der Waals surface area contributed by atoms with E-state index in [0.29, 0.717) is 12.2 Å². The molecule has 0 amide bonds. The average molecular weight is 288 g/mol. The molecule has 3 heteroatoms. The van der Waals surface area contributed by atoms with E-state index in [4.69, 9.17) is 6.42 Å². The van der Waals surface area contributed by atoms with Crippen LogP contribution in [-0.2, 0) is 6.42 Å². The van der Waals surface area contributed by atoms with Crippen molar-refractivity contribution >= 4 is 10.9 Å². The van der Waals surface area contributed by atoms with E-state index in [1.54, 1.807) is 0 Å². The summed E-state index contributed by atoms with van der Waals surface area (Å²) in [6, 6.07) is 13.9. The van der Waals surface area contributed by atoms with E-state index in [-0.39, 0.29) is 0 Å². The first kappa shape index (κ1) is 14.2. The Morgan fingerprint density at radius 1 is 1.18 bits per heavy atom. The molecular weight excluding hydrogens is 272 g/mol. The van der Waals surface area contributed by atoms with Crippen LogP contribution in [0.5, 0.6) is 0 Å². The summed E-state index contributed by atoms with van der Waals surface area (Å²) in [4.78, 5) is 9.03. The van der Waals surface area contributed by atoms with Crippen molar-refractivity contribution in [2.24, 2.45) is 0 Å². The van der Waals surface area contributed by atoms with Gasteiger partial charge in [-0.25, -0.2) is 9.97 Å². The number of terminal acetylenes is 1. The SMILES string of the molecule is C#CC(O)Cc1ccc(-c2ncc3cc(C)ccc3n2)cc1. The maximum Gasteiger partial charge on any atom is 0.159 e. The number of rotatable bonds is 3. The maximum absolute atomic E-state index is 9.48. The Bertz CT molecular complexity index is 847. The molecule has 0 bridgehead atoms. The van der Waals surface area contributed by atoms with Crippen molar-refractivity contribution in [3.63, 3.8) is 0 Å². The number of hydrogen-bond acceptors (Lipinski definition) is 3. The number of aliphatic hydroxyl groups excluding tert-OH is 1. The molecule has 1 N–H and O–H groups in total. The molecule has 0 aliphatic rings. The van der Waals surface area contributed by atoms with Gasteiger partial charge in [0.25, 0.3) is 0 Å². The molecular formula is C19H16N2O. The van der Waals surface area contributed by atoms with Crippen LogP contribution in [0.4, 0.5) is 0 Å². The summed E-state index contributed by atoms with van der Waals surface area (Å²) < 4.78 is 0. The van der Waals surface area contributed by atoms with Gasteiger partial charge in [-0.15, -0.1) is 6.42 Å². The van der Waals surface area contributed by atoms with Gasteiger partial charge in [-0.1, -0.05) is 41.8 Å². The van der Waals surface area contributed by atoms with E-state index in [1.807, 2.05) is 42.6 Å². The second-order valence-corrected chi connectivity index (χ2v) is 5.34. The highest BCUT2D eigenvalue weighted by Crippen LogP contribution is 2.20. The minimum Gasteiger partial charge on any atom is -0.380 e. The van der Waals surface area contributed by atoms with Gasteiger partial charge in [-0.2, -0.15) is 0 Å². The quantitative estimate of drug-likeness (QED) is 0.753. The Morgan fingerprint density at radius 3 is 2.68 bits per heavy atom. The van der Waals surface area contributed by atoms with Crippen molar-refractivity contribution in [1.29, 1.82) is 0 Å². The third-order valence-corrected chi connectivity index (χ3v) is 3.57. The molecule has 22 heavy (non-hydrogen) atoms. The lowest BCUT2D eigenvalue weighted by Crippen LogP contribution is -2.06. The second kappa shape index (κ2) is 5.97. The lowest BCUT2D eigenvalue weighted by atomic mass is 10.1. The van der Waals surface area contributed by atoms with Crippen molar-refractivity contribution in [2.75, 3.05) is 0 Å². The summed E-state index contributed by atoms with van der Waals surface area (Å²) in [7, 11) is 0. The maximum atomic E-state index is 9.48. The fourth-order valence-electron chi connectivity index (χ4n) is 2.36.